The first-order chi connectivity index (χ1) is 9.56. The summed E-state index contributed by atoms with van der Waals surface area (Å²) in [5, 5.41) is 14.3. The summed E-state index contributed by atoms with van der Waals surface area (Å²) < 4.78 is 0. The van der Waals surface area contributed by atoms with E-state index in [1.165, 1.54) is 17.7 Å². The Morgan fingerprint density at radius 1 is 1.25 bits per heavy atom. The first-order valence-corrected chi connectivity index (χ1v) is 6.68. The smallest absolute Gasteiger partial charge is 0.271 e. The van der Waals surface area contributed by atoms with Gasteiger partial charge < -0.3 is 5.32 Å². The molecule has 2 rings (SSSR count). The predicted octanol–water partition coefficient (Wildman–Crippen LogP) is 4.29. The highest BCUT2D eigenvalue weighted by Gasteiger charge is 2.11. The SMILES string of the molecule is CC(Cc1ccccc1)Nc1ccc([N+](=O)[O-])cc1Cl. The molecule has 0 saturated carbocycles. The van der Waals surface area contributed by atoms with Gasteiger partial charge >= 0.3 is 0 Å². The molecule has 0 aliphatic rings. The molecule has 0 fully saturated rings. The van der Waals surface area contributed by atoms with Crippen LogP contribution in [0.1, 0.15) is 12.5 Å². The van der Waals surface area contributed by atoms with Crippen LogP contribution < -0.4 is 5.32 Å². The highest BCUT2D eigenvalue weighted by molar-refractivity contribution is 6.33. The minimum Gasteiger partial charge on any atom is -0.381 e. The largest absolute Gasteiger partial charge is 0.381 e. The summed E-state index contributed by atoms with van der Waals surface area (Å²) in [4.78, 5) is 10.2. The standard InChI is InChI=1S/C15H15ClN2O2/c1-11(9-12-5-3-2-4-6-12)17-15-8-7-13(18(19)20)10-14(15)16/h2-8,10-11,17H,9H2,1H3. The fraction of sp³-hybridized carbons (Fsp3) is 0.200. The van der Waals surface area contributed by atoms with Crippen molar-refractivity contribution in [3.05, 3.63) is 69.2 Å². The Morgan fingerprint density at radius 2 is 1.95 bits per heavy atom. The number of anilines is 1. The molecule has 1 atom stereocenters. The molecule has 0 aliphatic carbocycles. The Bertz CT molecular complexity index is 602. The summed E-state index contributed by atoms with van der Waals surface area (Å²) in [6.07, 6.45) is 0.855. The van der Waals surface area contributed by atoms with Crippen LogP contribution in [-0.4, -0.2) is 11.0 Å². The number of rotatable bonds is 5. The highest BCUT2D eigenvalue weighted by Crippen LogP contribution is 2.27. The van der Waals surface area contributed by atoms with Gasteiger partial charge in [-0.2, -0.15) is 0 Å². The van der Waals surface area contributed by atoms with Crippen LogP contribution in [0.3, 0.4) is 0 Å². The van der Waals surface area contributed by atoms with E-state index in [0.29, 0.717) is 10.7 Å². The van der Waals surface area contributed by atoms with Crippen molar-refractivity contribution >= 4 is 23.0 Å². The minimum absolute atomic E-state index is 0.00346. The molecule has 2 aromatic rings. The van der Waals surface area contributed by atoms with Crippen LogP contribution >= 0.6 is 11.6 Å². The Labute approximate surface area is 122 Å². The lowest BCUT2D eigenvalue weighted by Gasteiger charge is -2.16. The summed E-state index contributed by atoms with van der Waals surface area (Å²) in [5.41, 5.74) is 1.93. The lowest BCUT2D eigenvalue weighted by molar-refractivity contribution is -0.384. The Hall–Kier alpha value is -2.07. The van der Waals surface area contributed by atoms with E-state index < -0.39 is 4.92 Å². The lowest BCUT2D eigenvalue weighted by atomic mass is 10.1. The van der Waals surface area contributed by atoms with E-state index in [1.54, 1.807) is 6.07 Å². The number of hydrogen-bond donors (Lipinski definition) is 1. The van der Waals surface area contributed by atoms with E-state index in [2.05, 4.69) is 17.4 Å². The second-order valence-corrected chi connectivity index (χ2v) is 5.06. The number of hydrogen-bond acceptors (Lipinski definition) is 3. The summed E-state index contributed by atoms with van der Waals surface area (Å²) in [6.45, 7) is 2.05. The van der Waals surface area contributed by atoms with Crippen LogP contribution in [-0.2, 0) is 6.42 Å². The molecule has 0 bridgehead atoms. The van der Waals surface area contributed by atoms with E-state index in [1.807, 2.05) is 25.1 Å². The quantitative estimate of drug-likeness (QED) is 0.660. The molecular formula is C15H15ClN2O2. The van der Waals surface area contributed by atoms with Gasteiger partial charge in [-0.15, -0.1) is 0 Å². The van der Waals surface area contributed by atoms with E-state index in [9.17, 15) is 10.1 Å². The first kappa shape index (κ1) is 14.3. The van der Waals surface area contributed by atoms with Crippen LogP contribution in [0.2, 0.25) is 5.02 Å². The monoisotopic (exact) mass is 290 g/mol. The number of non-ortho nitro benzene ring substituents is 1. The van der Waals surface area contributed by atoms with Gasteiger partial charge in [-0.25, -0.2) is 0 Å². The number of halogens is 1. The van der Waals surface area contributed by atoms with E-state index in [-0.39, 0.29) is 11.7 Å². The average Bonchev–Trinajstić information content (AvgIpc) is 2.42. The van der Waals surface area contributed by atoms with Gasteiger partial charge in [0.2, 0.25) is 0 Å². The third-order valence-corrected chi connectivity index (χ3v) is 3.26. The average molecular weight is 291 g/mol. The molecule has 0 aliphatic heterocycles. The van der Waals surface area contributed by atoms with E-state index >= 15 is 0 Å². The van der Waals surface area contributed by atoms with Crippen LogP contribution in [0.5, 0.6) is 0 Å². The topological polar surface area (TPSA) is 55.2 Å². The van der Waals surface area contributed by atoms with Gasteiger partial charge in [0.25, 0.3) is 5.69 Å². The summed E-state index contributed by atoms with van der Waals surface area (Å²) in [7, 11) is 0. The normalized spacial score (nSPS) is 11.9. The summed E-state index contributed by atoms with van der Waals surface area (Å²) in [6, 6.07) is 14.7. The van der Waals surface area contributed by atoms with Crippen LogP contribution in [0.4, 0.5) is 11.4 Å². The molecule has 0 amide bonds. The maximum absolute atomic E-state index is 10.7. The van der Waals surface area contributed by atoms with Gasteiger partial charge in [0.15, 0.2) is 0 Å². The maximum atomic E-state index is 10.7. The van der Waals surface area contributed by atoms with Crippen LogP contribution in [0, 0.1) is 10.1 Å². The molecule has 20 heavy (non-hydrogen) atoms. The summed E-state index contributed by atoms with van der Waals surface area (Å²) in [5.74, 6) is 0. The molecule has 0 spiro atoms. The van der Waals surface area contributed by atoms with Crippen molar-refractivity contribution in [2.24, 2.45) is 0 Å². The van der Waals surface area contributed by atoms with Crippen molar-refractivity contribution in [1.82, 2.24) is 0 Å². The van der Waals surface area contributed by atoms with Crippen LogP contribution in [0.15, 0.2) is 48.5 Å². The zero-order valence-electron chi connectivity index (χ0n) is 11.0. The molecule has 104 valence electrons. The zero-order chi connectivity index (χ0) is 14.5. The van der Waals surface area contributed by atoms with Crippen molar-refractivity contribution in [2.75, 3.05) is 5.32 Å². The van der Waals surface area contributed by atoms with Gasteiger partial charge in [-0.1, -0.05) is 41.9 Å². The third-order valence-electron chi connectivity index (χ3n) is 2.95. The van der Waals surface area contributed by atoms with Gasteiger partial charge in [-0.3, -0.25) is 10.1 Å². The Balaban J connectivity index is 2.04. The number of benzene rings is 2. The molecule has 0 heterocycles. The second kappa shape index (κ2) is 6.39. The first-order valence-electron chi connectivity index (χ1n) is 6.30. The van der Waals surface area contributed by atoms with E-state index in [0.717, 1.165) is 6.42 Å². The highest BCUT2D eigenvalue weighted by atomic mass is 35.5. The molecule has 1 unspecified atom stereocenters. The van der Waals surface area contributed by atoms with Crippen molar-refractivity contribution in [2.45, 2.75) is 19.4 Å². The molecule has 4 nitrogen and oxygen atoms in total. The van der Waals surface area contributed by atoms with Crippen molar-refractivity contribution in [3.8, 4) is 0 Å². The maximum Gasteiger partial charge on any atom is 0.271 e. The van der Waals surface area contributed by atoms with Crippen LogP contribution in [0.25, 0.3) is 0 Å². The fourth-order valence-electron chi connectivity index (χ4n) is 2.02. The van der Waals surface area contributed by atoms with Crippen molar-refractivity contribution in [3.63, 3.8) is 0 Å². The van der Waals surface area contributed by atoms with Gasteiger partial charge in [0.05, 0.1) is 15.6 Å². The molecule has 5 heteroatoms. The molecule has 0 aromatic heterocycles. The molecular weight excluding hydrogens is 276 g/mol. The summed E-state index contributed by atoms with van der Waals surface area (Å²) >= 11 is 6.05. The van der Waals surface area contributed by atoms with Gasteiger partial charge in [-0.05, 0) is 25.0 Å². The molecule has 0 saturated heterocycles. The van der Waals surface area contributed by atoms with Gasteiger partial charge in [0, 0.05) is 18.2 Å². The Kier molecular flexibility index (Phi) is 4.58. The number of nitro groups is 1. The number of nitrogens with zero attached hydrogens (tertiary/aromatic N) is 1. The van der Waals surface area contributed by atoms with Gasteiger partial charge in [0.1, 0.15) is 0 Å². The Morgan fingerprint density at radius 3 is 2.55 bits per heavy atom. The van der Waals surface area contributed by atoms with E-state index in [4.69, 9.17) is 11.6 Å². The zero-order valence-corrected chi connectivity index (χ0v) is 11.8. The lowest BCUT2D eigenvalue weighted by Crippen LogP contribution is -2.18. The second-order valence-electron chi connectivity index (χ2n) is 4.66. The molecule has 2 aromatic carbocycles. The number of nitrogens with one attached hydrogen (secondary N) is 1. The van der Waals surface area contributed by atoms with Crippen molar-refractivity contribution < 1.29 is 4.92 Å². The predicted molar refractivity (Wildman–Crippen MR) is 81.3 cm³/mol. The van der Waals surface area contributed by atoms with Crippen molar-refractivity contribution in [1.29, 1.82) is 0 Å². The number of nitro benzene ring substituents is 1. The fourth-order valence-corrected chi connectivity index (χ4v) is 2.25. The molecule has 0 radical (unpaired) electrons. The minimum atomic E-state index is -0.455. The third kappa shape index (κ3) is 3.71. The molecule has 1 N–H and O–H groups in total.